The zero-order chi connectivity index (χ0) is 14.5. The molecule has 0 saturated carbocycles. The summed E-state index contributed by atoms with van der Waals surface area (Å²) in [5.41, 5.74) is 0. The molecular weight excluding hydrogens is 329 g/mol. The van der Waals surface area contributed by atoms with E-state index in [0.717, 1.165) is 39.0 Å². The van der Waals surface area contributed by atoms with Crippen LogP contribution in [0.1, 0.15) is 19.3 Å². The highest BCUT2D eigenvalue weighted by Gasteiger charge is 2.40. The van der Waals surface area contributed by atoms with Gasteiger partial charge in [0.05, 0.1) is 19.3 Å². The molecular formula is C14H29Cl2N3O3. The molecule has 22 heavy (non-hydrogen) atoms. The van der Waals surface area contributed by atoms with Crippen LogP contribution >= 0.6 is 24.8 Å². The van der Waals surface area contributed by atoms with Crippen LogP contribution in [0.4, 0.5) is 0 Å². The number of likely N-dealkylation sites (tertiary alicyclic amines) is 2. The Morgan fingerprint density at radius 1 is 1.27 bits per heavy atom. The number of likely N-dealkylation sites (N-methyl/N-ethyl adjacent to an activating group) is 1. The molecule has 3 N–H and O–H groups in total. The monoisotopic (exact) mass is 357 g/mol. The maximum absolute atomic E-state index is 12.1. The molecule has 2 heterocycles. The first kappa shape index (κ1) is 21.9. The third-order valence-corrected chi connectivity index (χ3v) is 4.72. The molecule has 2 rings (SSSR count). The Kier molecular flexibility index (Phi) is 10.6. The van der Waals surface area contributed by atoms with Crippen molar-refractivity contribution in [2.75, 3.05) is 46.4 Å². The molecule has 6 nitrogen and oxygen atoms in total. The Morgan fingerprint density at radius 2 is 1.95 bits per heavy atom. The van der Waals surface area contributed by atoms with E-state index >= 15 is 0 Å². The number of rotatable bonds is 6. The zero-order valence-corrected chi connectivity index (χ0v) is 14.7. The summed E-state index contributed by atoms with van der Waals surface area (Å²) in [4.78, 5) is 16.3. The summed E-state index contributed by atoms with van der Waals surface area (Å²) < 4.78 is 0. The third-order valence-electron chi connectivity index (χ3n) is 4.72. The average molecular weight is 358 g/mol. The first-order valence-corrected chi connectivity index (χ1v) is 7.61. The zero-order valence-electron chi connectivity index (χ0n) is 13.1. The lowest BCUT2D eigenvalue weighted by Gasteiger charge is -2.48. The smallest absolute Gasteiger partial charge is 0.222 e. The van der Waals surface area contributed by atoms with Crippen molar-refractivity contribution in [2.24, 2.45) is 5.92 Å². The van der Waals surface area contributed by atoms with Crippen LogP contribution in [0, 0.1) is 5.92 Å². The highest BCUT2D eigenvalue weighted by atomic mass is 35.5. The molecule has 0 aromatic rings. The topological polar surface area (TPSA) is 76.0 Å². The van der Waals surface area contributed by atoms with Crippen molar-refractivity contribution in [2.45, 2.75) is 31.3 Å². The number of hydrogen-bond donors (Lipinski definition) is 3. The fourth-order valence-corrected chi connectivity index (χ4v) is 3.52. The summed E-state index contributed by atoms with van der Waals surface area (Å²) in [5, 5.41) is 21.7. The second kappa shape index (κ2) is 10.6. The predicted octanol–water partition coefficient (Wildman–Crippen LogP) is -0.284. The number of fused-ring (bicyclic) bond motifs is 1. The summed E-state index contributed by atoms with van der Waals surface area (Å²) in [6, 6.07) is 0.179. The van der Waals surface area contributed by atoms with E-state index in [0.29, 0.717) is 18.4 Å². The van der Waals surface area contributed by atoms with Crippen LogP contribution in [-0.2, 0) is 4.79 Å². The Bertz CT molecular complexity index is 332. The van der Waals surface area contributed by atoms with Gasteiger partial charge < -0.3 is 20.4 Å². The number of carbonyl (C=O) groups excluding carboxylic acids is 1. The molecule has 1 amide bonds. The van der Waals surface area contributed by atoms with Gasteiger partial charge in [0.1, 0.15) is 0 Å². The Hall–Kier alpha value is -0.110. The van der Waals surface area contributed by atoms with Crippen molar-refractivity contribution >= 4 is 30.7 Å². The molecule has 8 heteroatoms. The molecule has 2 aliphatic heterocycles. The highest BCUT2D eigenvalue weighted by molar-refractivity contribution is 5.85. The fourth-order valence-electron chi connectivity index (χ4n) is 3.52. The quantitative estimate of drug-likeness (QED) is 0.609. The molecule has 0 bridgehead atoms. The van der Waals surface area contributed by atoms with Crippen molar-refractivity contribution in [3.05, 3.63) is 0 Å². The van der Waals surface area contributed by atoms with E-state index in [-0.39, 0.29) is 50.0 Å². The van der Waals surface area contributed by atoms with Crippen LogP contribution in [0.15, 0.2) is 0 Å². The summed E-state index contributed by atoms with van der Waals surface area (Å²) >= 11 is 0. The van der Waals surface area contributed by atoms with Crippen LogP contribution < -0.4 is 5.32 Å². The lowest BCUT2D eigenvalue weighted by atomic mass is 9.83. The Balaban J connectivity index is 0.00000220. The van der Waals surface area contributed by atoms with E-state index in [4.69, 9.17) is 0 Å². The van der Waals surface area contributed by atoms with Crippen LogP contribution in [0.25, 0.3) is 0 Å². The van der Waals surface area contributed by atoms with Gasteiger partial charge in [-0.1, -0.05) is 0 Å². The maximum Gasteiger partial charge on any atom is 0.222 e. The van der Waals surface area contributed by atoms with Gasteiger partial charge in [-0.05, 0) is 25.8 Å². The predicted molar refractivity (Wildman–Crippen MR) is 90.8 cm³/mol. The number of nitrogens with one attached hydrogen (secondary N) is 1. The van der Waals surface area contributed by atoms with Gasteiger partial charge in [0.25, 0.3) is 0 Å². The standard InChI is InChI=1S/C14H27N3O3.2ClH/c1-15-5-7-17-13-4-6-16(12(9-18)10-19)8-11(13)2-3-14(17)20;;/h11-13,15,18-19H,2-10H2,1H3;2*1H/t11-,13+;;/m0../s1. The summed E-state index contributed by atoms with van der Waals surface area (Å²) in [7, 11) is 1.90. The van der Waals surface area contributed by atoms with Crippen LogP contribution in [0.5, 0.6) is 0 Å². The van der Waals surface area contributed by atoms with Crippen molar-refractivity contribution in [1.82, 2.24) is 15.1 Å². The van der Waals surface area contributed by atoms with E-state index in [1.807, 2.05) is 11.9 Å². The Labute approximate surface area is 145 Å². The number of hydrogen-bond acceptors (Lipinski definition) is 5. The second-order valence-corrected chi connectivity index (χ2v) is 5.86. The van der Waals surface area contributed by atoms with Gasteiger partial charge in [0.2, 0.25) is 5.91 Å². The first-order valence-electron chi connectivity index (χ1n) is 7.61. The minimum atomic E-state index is -0.153. The number of aliphatic hydroxyl groups excluding tert-OH is 2. The second-order valence-electron chi connectivity index (χ2n) is 5.86. The first-order chi connectivity index (χ1) is 9.71. The minimum Gasteiger partial charge on any atom is -0.395 e. The molecule has 0 aromatic carbocycles. The van der Waals surface area contributed by atoms with E-state index < -0.39 is 0 Å². The van der Waals surface area contributed by atoms with Gasteiger partial charge in [-0.3, -0.25) is 9.69 Å². The maximum atomic E-state index is 12.1. The Morgan fingerprint density at radius 3 is 2.55 bits per heavy atom. The highest BCUT2D eigenvalue weighted by Crippen LogP contribution is 2.31. The lowest BCUT2D eigenvalue weighted by Crippen LogP contribution is -2.59. The molecule has 132 valence electrons. The van der Waals surface area contributed by atoms with E-state index in [1.54, 1.807) is 0 Å². The molecule has 0 unspecified atom stereocenters. The normalized spacial score (nSPS) is 25.5. The van der Waals surface area contributed by atoms with Crippen LogP contribution in [0.2, 0.25) is 0 Å². The number of carbonyl (C=O) groups is 1. The number of halogens is 2. The van der Waals surface area contributed by atoms with Gasteiger partial charge in [0.15, 0.2) is 0 Å². The van der Waals surface area contributed by atoms with Gasteiger partial charge in [-0.2, -0.15) is 0 Å². The SMILES string of the molecule is CNCCN1C(=O)CC[C@H]2CN(C(CO)CO)CC[C@H]21.Cl.Cl. The summed E-state index contributed by atoms with van der Waals surface area (Å²) in [5.74, 6) is 0.745. The largest absolute Gasteiger partial charge is 0.395 e. The number of nitrogens with zero attached hydrogens (tertiary/aromatic N) is 2. The van der Waals surface area contributed by atoms with Gasteiger partial charge >= 0.3 is 0 Å². The fraction of sp³-hybridized carbons (Fsp3) is 0.929. The molecule has 2 atom stereocenters. The van der Waals surface area contributed by atoms with Gasteiger partial charge in [-0.15, -0.1) is 24.8 Å². The third kappa shape index (κ3) is 4.94. The van der Waals surface area contributed by atoms with Crippen molar-refractivity contribution in [1.29, 1.82) is 0 Å². The minimum absolute atomic E-state index is 0. The van der Waals surface area contributed by atoms with Gasteiger partial charge in [0, 0.05) is 38.6 Å². The number of amides is 1. The molecule has 0 radical (unpaired) electrons. The van der Waals surface area contributed by atoms with Crippen molar-refractivity contribution < 1.29 is 15.0 Å². The molecule has 0 aliphatic carbocycles. The summed E-state index contributed by atoms with van der Waals surface area (Å²) in [6.45, 7) is 3.32. The summed E-state index contributed by atoms with van der Waals surface area (Å²) in [6.07, 6.45) is 2.50. The van der Waals surface area contributed by atoms with E-state index in [2.05, 4.69) is 10.2 Å². The molecule has 0 spiro atoms. The van der Waals surface area contributed by atoms with Crippen LogP contribution in [-0.4, -0.2) is 84.4 Å². The van der Waals surface area contributed by atoms with Crippen molar-refractivity contribution in [3.63, 3.8) is 0 Å². The molecule has 2 saturated heterocycles. The number of aliphatic hydroxyl groups is 2. The van der Waals surface area contributed by atoms with E-state index in [9.17, 15) is 15.0 Å². The van der Waals surface area contributed by atoms with E-state index in [1.165, 1.54) is 0 Å². The average Bonchev–Trinajstić information content (AvgIpc) is 2.47. The van der Waals surface area contributed by atoms with Crippen molar-refractivity contribution in [3.8, 4) is 0 Å². The van der Waals surface area contributed by atoms with Gasteiger partial charge in [-0.25, -0.2) is 0 Å². The lowest BCUT2D eigenvalue weighted by molar-refractivity contribution is -0.141. The molecule has 2 fully saturated rings. The number of piperidine rings is 2. The van der Waals surface area contributed by atoms with Crippen LogP contribution in [0.3, 0.4) is 0 Å². The molecule has 0 aromatic heterocycles. The molecule has 2 aliphatic rings.